The van der Waals surface area contributed by atoms with E-state index in [0.717, 1.165) is 0 Å². The van der Waals surface area contributed by atoms with Crippen molar-refractivity contribution in [1.29, 1.82) is 0 Å². The minimum absolute atomic E-state index is 0.0395. The Morgan fingerprint density at radius 2 is 2.11 bits per heavy atom. The number of hydrogen-bond donors (Lipinski definition) is 0. The van der Waals surface area contributed by atoms with Gasteiger partial charge >= 0.3 is 0 Å². The number of likely N-dealkylation sites (N-methyl/N-ethyl adjacent to an activating group) is 1. The number of nitrogens with zero attached hydrogens (tertiary/aromatic N) is 1. The summed E-state index contributed by atoms with van der Waals surface area (Å²) in [4.78, 5) is 13.1. The molecule has 1 amide bonds. The van der Waals surface area contributed by atoms with E-state index in [1.54, 1.807) is 0 Å². The lowest BCUT2D eigenvalue weighted by molar-refractivity contribution is 0.0806. The van der Waals surface area contributed by atoms with Gasteiger partial charge in [-0.1, -0.05) is 23.7 Å². The van der Waals surface area contributed by atoms with E-state index in [4.69, 9.17) is 22.3 Å². The minimum Gasteiger partial charge on any atom is -0.338 e. The number of carbonyl (C=O) groups excluding carboxylic acids is 1. The van der Waals surface area contributed by atoms with Crippen molar-refractivity contribution in [3.05, 3.63) is 41.4 Å². The van der Waals surface area contributed by atoms with Crippen LogP contribution in [-0.4, -0.2) is 32.8 Å². The lowest BCUT2D eigenvalue weighted by Crippen LogP contribution is -2.28. The molecule has 0 fully saturated rings. The highest BCUT2D eigenvalue weighted by molar-refractivity contribution is 8.13. The van der Waals surface area contributed by atoms with Crippen LogP contribution in [0.5, 0.6) is 0 Å². The Bertz CT molecular complexity index is 584. The first-order valence-corrected chi connectivity index (χ1v) is 7.57. The van der Waals surface area contributed by atoms with Gasteiger partial charge in [-0.25, -0.2) is 8.42 Å². The largest absolute Gasteiger partial charge is 0.338 e. The summed E-state index contributed by atoms with van der Waals surface area (Å²) in [6.07, 6.45) is 1.52. The summed E-state index contributed by atoms with van der Waals surface area (Å²) in [7, 11) is 2.76. The maximum Gasteiger partial charge on any atom is 0.262 e. The topological polar surface area (TPSA) is 54.5 Å². The van der Waals surface area contributed by atoms with Gasteiger partial charge in [0.05, 0.1) is 15.5 Å². The summed E-state index contributed by atoms with van der Waals surface area (Å²) < 4.78 is 22.8. The van der Waals surface area contributed by atoms with E-state index in [9.17, 15) is 13.2 Å². The molecule has 0 saturated heterocycles. The predicted octanol–water partition coefficient (Wildman–Crippen LogP) is 2.53. The zero-order chi connectivity index (χ0) is 13.9. The molecular formula is C11H11Cl2NO3S. The number of hydrogen-bond acceptors (Lipinski definition) is 3. The van der Waals surface area contributed by atoms with Gasteiger partial charge in [0.1, 0.15) is 0 Å². The molecule has 7 heteroatoms. The van der Waals surface area contributed by atoms with E-state index < -0.39 is 15.0 Å². The zero-order valence-corrected chi connectivity index (χ0v) is 11.9. The maximum absolute atomic E-state index is 12.1. The molecule has 1 rings (SSSR count). The van der Waals surface area contributed by atoms with Crippen LogP contribution < -0.4 is 0 Å². The summed E-state index contributed by atoms with van der Waals surface area (Å²) in [5.74, 6) is -0.528. The molecule has 1 aromatic rings. The van der Waals surface area contributed by atoms with E-state index in [-0.39, 0.29) is 22.0 Å². The number of rotatable bonds is 4. The van der Waals surface area contributed by atoms with Gasteiger partial charge in [-0.15, -0.1) is 6.58 Å². The van der Waals surface area contributed by atoms with Crippen molar-refractivity contribution >= 4 is 37.2 Å². The molecule has 0 aliphatic heterocycles. The smallest absolute Gasteiger partial charge is 0.262 e. The van der Waals surface area contributed by atoms with Crippen LogP contribution in [0.2, 0.25) is 5.02 Å². The SMILES string of the molecule is C=CCN(C)C(=O)c1c(Cl)cccc1S(=O)(=O)Cl. The fourth-order valence-electron chi connectivity index (χ4n) is 1.38. The molecule has 0 radical (unpaired) electrons. The van der Waals surface area contributed by atoms with Gasteiger partial charge in [0.2, 0.25) is 0 Å². The third kappa shape index (κ3) is 3.25. The molecular weight excluding hydrogens is 297 g/mol. The predicted molar refractivity (Wildman–Crippen MR) is 71.6 cm³/mol. The summed E-state index contributed by atoms with van der Waals surface area (Å²) in [5.41, 5.74) is -0.126. The van der Waals surface area contributed by atoms with Crippen LogP contribution in [0.3, 0.4) is 0 Å². The Labute approximate surface area is 115 Å². The van der Waals surface area contributed by atoms with Crippen LogP contribution >= 0.6 is 22.3 Å². The molecule has 0 heterocycles. The average Bonchev–Trinajstić information content (AvgIpc) is 2.27. The molecule has 0 unspecified atom stereocenters. The average molecular weight is 308 g/mol. The number of carbonyl (C=O) groups is 1. The lowest BCUT2D eigenvalue weighted by atomic mass is 10.2. The van der Waals surface area contributed by atoms with Gasteiger partial charge < -0.3 is 4.90 Å². The van der Waals surface area contributed by atoms with Crippen molar-refractivity contribution in [2.45, 2.75) is 4.90 Å². The third-order valence-corrected chi connectivity index (χ3v) is 3.88. The van der Waals surface area contributed by atoms with Gasteiger partial charge in [0.25, 0.3) is 15.0 Å². The van der Waals surface area contributed by atoms with Crippen molar-refractivity contribution in [1.82, 2.24) is 4.90 Å². The summed E-state index contributed by atoms with van der Waals surface area (Å²) >= 11 is 5.88. The number of amides is 1. The van der Waals surface area contributed by atoms with Crippen LogP contribution in [0, 0.1) is 0 Å². The van der Waals surface area contributed by atoms with Crippen LogP contribution in [0.4, 0.5) is 0 Å². The second-order valence-corrected chi connectivity index (χ2v) is 6.47. The Kier molecular flexibility index (Phi) is 4.78. The van der Waals surface area contributed by atoms with Gasteiger partial charge in [-0.3, -0.25) is 4.79 Å². The second kappa shape index (κ2) is 5.73. The molecule has 0 aliphatic carbocycles. The fourth-order valence-corrected chi connectivity index (χ4v) is 2.76. The molecule has 0 aromatic heterocycles. The van der Waals surface area contributed by atoms with Gasteiger partial charge in [0, 0.05) is 24.3 Å². The molecule has 1 aromatic carbocycles. The van der Waals surface area contributed by atoms with E-state index in [0.29, 0.717) is 0 Å². The van der Waals surface area contributed by atoms with Gasteiger partial charge in [-0.2, -0.15) is 0 Å². The Morgan fingerprint density at radius 3 is 2.61 bits per heavy atom. The quantitative estimate of drug-likeness (QED) is 0.634. The van der Waals surface area contributed by atoms with Gasteiger partial charge in [0.15, 0.2) is 0 Å². The molecule has 0 bridgehead atoms. The summed E-state index contributed by atoms with van der Waals surface area (Å²) in [6.45, 7) is 3.77. The van der Waals surface area contributed by atoms with Crippen LogP contribution in [-0.2, 0) is 9.05 Å². The summed E-state index contributed by atoms with van der Waals surface area (Å²) in [6, 6.07) is 4.09. The first-order chi connectivity index (χ1) is 8.29. The maximum atomic E-state index is 12.1. The van der Waals surface area contributed by atoms with E-state index in [1.807, 2.05) is 0 Å². The van der Waals surface area contributed by atoms with Crippen LogP contribution in [0.15, 0.2) is 35.7 Å². The normalized spacial score (nSPS) is 11.1. The Morgan fingerprint density at radius 1 is 1.50 bits per heavy atom. The standard InChI is InChI=1S/C11H11Cl2NO3S/c1-3-7-14(2)11(15)10-8(12)5-4-6-9(10)18(13,16)17/h3-6H,1,7H2,2H3. The molecule has 0 saturated carbocycles. The van der Waals surface area contributed by atoms with Gasteiger partial charge in [-0.05, 0) is 12.1 Å². The third-order valence-electron chi connectivity index (χ3n) is 2.20. The Balaban J connectivity index is 3.40. The highest BCUT2D eigenvalue weighted by atomic mass is 35.7. The van der Waals surface area contributed by atoms with E-state index in [2.05, 4.69) is 6.58 Å². The zero-order valence-electron chi connectivity index (χ0n) is 9.56. The molecule has 0 spiro atoms. The highest BCUT2D eigenvalue weighted by Gasteiger charge is 2.24. The minimum atomic E-state index is -4.04. The molecule has 0 N–H and O–H groups in total. The molecule has 4 nitrogen and oxygen atoms in total. The monoisotopic (exact) mass is 307 g/mol. The highest BCUT2D eigenvalue weighted by Crippen LogP contribution is 2.27. The van der Waals surface area contributed by atoms with Crippen molar-refractivity contribution in [2.24, 2.45) is 0 Å². The van der Waals surface area contributed by atoms with Crippen LogP contribution in [0.25, 0.3) is 0 Å². The van der Waals surface area contributed by atoms with E-state index in [1.165, 1.54) is 36.2 Å². The first-order valence-electron chi connectivity index (χ1n) is 4.88. The van der Waals surface area contributed by atoms with E-state index >= 15 is 0 Å². The molecule has 0 aliphatic rings. The molecule has 18 heavy (non-hydrogen) atoms. The van der Waals surface area contributed by atoms with Crippen molar-refractivity contribution in [2.75, 3.05) is 13.6 Å². The van der Waals surface area contributed by atoms with Crippen molar-refractivity contribution < 1.29 is 13.2 Å². The summed E-state index contributed by atoms with van der Waals surface area (Å²) in [5, 5.41) is 0.0395. The first kappa shape index (κ1) is 15.0. The number of benzene rings is 1. The number of halogens is 2. The second-order valence-electron chi connectivity index (χ2n) is 3.53. The van der Waals surface area contributed by atoms with Crippen molar-refractivity contribution in [3.8, 4) is 0 Å². The molecule has 0 atom stereocenters. The van der Waals surface area contributed by atoms with Crippen LogP contribution in [0.1, 0.15) is 10.4 Å². The van der Waals surface area contributed by atoms with Crippen molar-refractivity contribution in [3.63, 3.8) is 0 Å². The Hall–Kier alpha value is -1.04. The fraction of sp³-hybridized carbons (Fsp3) is 0.182. The lowest BCUT2D eigenvalue weighted by Gasteiger charge is -2.17. The molecule has 98 valence electrons.